The van der Waals surface area contributed by atoms with Crippen molar-refractivity contribution in [2.45, 2.75) is 0 Å². The van der Waals surface area contributed by atoms with Gasteiger partial charge in [0.2, 0.25) is 0 Å². The van der Waals surface area contributed by atoms with Crippen molar-refractivity contribution in [3.63, 3.8) is 0 Å². The number of carbonyl (C=O) groups excluding carboxylic acids is 1. The number of nitrogens with zero attached hydrogens (tertiary/aromatic N) is 3. The van der Waals surface area contributed by atoms with E-state index >= 15 is 0 Å². The highest BCUT2D eigenvalue weighted by Gasteiger charge is 2.24. The summed E-state index contributed by atoms with van der Waals surface area (Å²) in [6, 6.07) is 20.1. The summed E-state index contributed by atoms with van der Waals surface area (Å²) in [6.45, 7) is 2.25. The third-order valence-electron chi connectivity index (χ3n) is 4.80. The molecule has 0 radical (unpaired) electrons. The predicted octanol–water partition coefficient (Wildman–Crippen LogP) is 3.93. The molecule has 4 rings (SSSR count). The Bertz CT molecular complexity index is 956. The molecule has 3 aromatic rings. The zero-order valence-electron chi connectivity index (χ0n) is 15.4. The van der Waals surface area contributed by atoms with Crippen LogP contribution < -0.4 is 10.2 Å². The zero-order chi connectivity index (χ0) is 19.3. The zero-order valence-corrected chi connectivity index (χ0v) is 15.4. The molecule has 0 atom stereocenters. The van der Waals surface area contributed by atoms with E-state index in [1.54, 1.807) is 29.3 Å². The molecule has 6 heteroatoms. The van der Waals surface area contributed by atoms with Crippen LogP contribution in [-0.4, -0.2) is 42.0 Å². The van der Waals surface area contributed by atoms with Crippen molar-refractivity contribution in [2.75, 3.05) is 36.4 Å². The van der Waals surface area contributed by atoms with Crippen LogP contribution in [0.4, 0.5) is 21.5 Å². The number of hydrogen-bond acceptors (Lipinski definition) is 4. The van der Waals surface area contributed by atoms with Crippen molar-refractivity contribution in [1.82, 2.24) is 9.88 Å². The fourth-order valence-electron chi connectivity index (χ4n) is 3.33. The van der Waals surface area contributed by atoms with Crippen LogP contribution in [0.3, 0.4) is 0 Å². The minimum atomic E-state index is -0.233. The maximum atomic E-state index is 14.0. The highest BCUT2D eigenvalue weighted by atomic mass is 19.1. The molecule has 5 nitrogen and oxygen atoms in total. The number of amides is 1. The topological polar surface area (TPSA) is 48.5 Å². The number of pyridine rings is 1. The lowest BCUT2D eigenvalue weighted by atomic mass is 10.2. The van der Waals surface area contributed by atoms with Gasteiger partial charge < -0.3 is 15.1 Å². The fraction of sp³-hybridized carbons (Fsp3) is 0.182. The van der Waals surface area contributed by atoms with Crippen molar-refractivity contribution in [3.8, 4) is 0 Å². The average molecular weight is 376 g/mol. The van der Waals surface area contributed by atoms with Gasteiger partial charge in [-0.15, -0.1) is 0 Å². The molecule has 0 saturated carbocycles. The molecule has 1 aliphatic rings. The largest absolute Gasteiger partial charge is 0.366 e. The molecule has 1 fully saturated rings. The van der Waals surface area contributed by atoms with E-state index in [4.69, 9.17) is 0 Å². The first-order valence-electron chi connectivity index (χ1n) is 9.27. The lowest BCUT2D eigenvalue weighted by molar-refractivity contribution is 0.0741. The van der Waals surface area contributed by atoms with Crippen LogP contribution in [0.2, 0.25) is 0 Å². The van der Waals surface area contributed by atoms with E-state index in [2.05, 4.69) is 10.3 Å². The van der Waals surface area contributed by atoms with Gasteiger partial charge in [-0.2, -0.15) is 0 Å². The van der Waals surface area contributed by atoms with Crippen molar-refractivity contribution in [1.29, 1.82) is 0 Å². The summed E-state index contributed by atoms with van der Waals surface area (Å²) in [7, 11) is 0. The van der Waals surface area contributed by atoms with Gasteiger partial charge in [-0.3, -0.25) is 9.78 Å². The van der Waals surface area contributed by atoms with E-state index in [9.17, 15) is 9.18 Å². The summed E-state index contributed by atoms with van der Waals surface area (Å²) in [5.41, 5.74) is 2.75. The van der Waals surface area contributed by atoms with Crippen LogP contribution in [0.15, 0.2) is 72.9 Å². The summed E-state index contributed by atoms with van der Waals surface area (Å²) >= 11 is 0. The second kappa shape index (κ2) is 8.08. The van der Waals surface area contributed by atoms with Gasteiger partial charge in [0.1, 0.15) is 11.5 Å². The number of aromatic nitrogens is 1. The molecule has 28 heavy (non-hydrogen) atoms. The van der Waals surface area contributed by atoms with E-state index < -0.39 is 0 Å². The quantitative estimate of drug-likeness (QED) is 0.750. The van der Waals surface area contributed by atoms with Crippen molar-refractivity contribution in [3.05, 3.63) is 84.4 Å². The molecule has 1 saturated heterocycles. The lowest BCUT2D eigenvalue weighted by Crippen LogP contribution is -2.49. The SMILES string of the molecule is O=C(c1cc(Nc2ccccc2)ccn1)N1CCN(c2ccccc2F)CC1. The van der Waals surface area contributed by atoms with E-state index in [0.717, 1.165) is 11.4 Å². The predicted molar refractivity (Wildman–Crippen MR) is 108 cm³/mol. The lowest BCUT2D eigenvalue weighted by Gasteiger charge is -2.36. The van der Waals surface area contributed by atoms with Gasteiger partial charge in [0, 0.05) is 43.8 Å². The first-order valence-corrected chi connectivity index (χ1v) is 9.27. The molecule has 0 bridgehead atoms. The third kappa shape index (κ3) is 3.96. The Balaban J connectivity index is 1.41. The number of piperazine rings is 1. The van der Waals surface area contributed by atoms with Gasteiger partial charge in [-0.1, -0.05) is 30.3 Å². The first-order chi connectivity index (χ1) is 13.7. The Morgan fingerprint density at radius 1 is 0.893 bits per heavy atom. The van der Waals surface area contributed by atoms with Gasteiger partial charge in [0.15, 0.2) is 0 Å². The molecular weight excluding hydrogens is 355 g/mol. The number of hydrogen-bond donors (Lipinski definition) is 1. The van der Waals surface area contributed by atoms with E-state index in [1.807, 2.05) is 47.4 Å². The van der Waals surface area contributed by atoms with Crippen LogP contribution in [0.25, 0.3) is 0 Å². The Morgan fingerprint density at radius 2 is 1.61 bits per heavy atom. The number of halogens is 1. The summed E-state index contributed by atoms with van der Waals surface area (Å²) in [5, 5.41) is 3.28. The molecule has 2 heterocycles. The summed E-state index contributed by atoms with van der Waals surface area (Å²) in [5.74, 6) is -0.339. The van der Waals surface area contributed by atoms with Crippen LogP contribution in [0.5, 0.6) is 0 Å². The number of nitrogens with one attached hydrogen (secondary N) is 1. The van der Waals surface area contributed by atoms with Gasteiger partial charge >= 0.3 is 0 Å². The molecule has 1 aromatic heterocycles. The van der Waals surface area contributed by atoms with Crippen molar-refractivity contribution in [2.24, 2.45) is 0 Å². The second-order valence-electron chi connectivity index (χ2n) is 6.65. The number of rotatable bonds is 4. The minimum Gasteiger partial charge on any atom is -0.366 e. The highest BCUT2D eigenvalue weighted by molar-refractivity contribution is 5.93. The van der Waals surface area contributed by atoms with Gasteiger partial charge in [-0.05, 0) is 36.4 Å². The van der Waals surface area contributed by atoms with E-state index in [1.165, 1.54) is 6.07 Å². The maximum absolute atomic E-state index is 14.0. The number of carbonyl (C=O) groups is 1. The average Bonchev–Trinajstić information content (AvgIpc) is 2.75. The molecule has 142 valence electrons. The van der Waals surface area contributed by atoms with Crippen LogP contribution >= 0.6 is 0 Å². The van der Waals surface area contributed by atoms with Gasteiger partial charge in [0.05, 0.1) is 5.69 Å². The highest BCUT2D eigenvalue weighted by Crippen LogP contribution is 2.21. The normalized spacial score (nSPS) is 14.0. The Kier molecular flexibility index (Phi) is 5.19. The van der Waals surface area contributed by atoms with Crippen molar-refractivity contribution < 1.29 is 9.18 Å². The molecular formula is C22H21FN4O. The number of anilines is 3. The number of benzene rings is 2. The maximum Gasteiger partial charge on any atom is 0.272 e. The van der Waals surface area contributed by atoms with Gasteiger partial charge in [0.25, 0.3) is 5.91 Å². The molecule has 1 N–H and O–H groups in total. The Hall–Kier alpha value is -3.41. The first kappa shape index (κ1) is 18.0. The monoisotopic (exact) mass is 376 g/mol. The van der Waals surface area contributed by atoms with Crippen molar-refractivity contribution >= 4 is 23.0 Å². The molecule has 1 amide bonds. The minimum absolute atomic E-state index is 0.107. The summed E-state index contributed by atoms with van der Waals surface area (Å²) in [4.78, 5) is 20.8. The third-order valence-corrected chi connectivity index (χ3v) is 4.80. The van der Waals surface area contributed by atoms with Crippen LogP contribution in [0, 0.1) is 5.82 Å². The van der Waals surface area contributed by atoms with E-state index in [-0.39, 0.29) is 11.7 Å². The van der Waals surface area contributed by atoms with Crippen LogP contribution in [0.1, 0.15) is 10.5 Å². The Morgan fingerprint density at radius 3 is 2.36 bits per heavy atom. The number of para-hydroxylation sites is 2. The molecule has 2 aromatic carbocycles. The van der Waals surface area contributed by atoms with E-state index in [0.29, 0.717) is 37.6 Å². The summed E-state index contributed by atoms with van der Waals surface area (Å²) < 4.78 is 14.0. The molecule has 1 aliphatic heterocycles. The molecule has 0 spiro atoms. The smallest absolute Gasteiger partial charge is 0.272 e. The van der Waals surface area contributed by atoms with Crippen LogP contribution in [-0.2, 0) is 0 Å². The standard InChI is InChI=1S/C22H21FN4O/c23-19-8-4-5-9-21(19)26-12-14-27(15-13-26)22(28)20-16-18(10-11-24-20)25-17-6-2-1-3-7-17/h1-11,16H,12-15H2,(H,24,25). The Labute approximate surface area is 163 Å². The fourth-order valence-corrected chi connectivity index (χ4v) is 3.33. The molecule has 0 unspecified atom stereocenters. The molecule has 0 aliphatic carbocycles. The second-order valence-corrected chi connectivity index (χ2v) is 6.65. The van der Waals surface area contributed by atoms with Gasteiger partial charge in [-0.25, -0.2) is 4.39 Å². The summed E-state index contributed by atoms with van der Waals surface area (Å²) in [6.07, 6.45) is 1.63.